The first kappa shape index (κ1) is 20.1. The molecule has 160 valence electrons. The number of hydrogen-bond donors (Lipinski definition) is 1. The molecule has 0 spiro atoms. The largest absolute Gasteiger partial charge is 0.322 e. The first-order valence-electron chi connectivity index (χ1n) is 9.84. The summed E-state index contributed by atoms with van der Waals surface area (Å²) in [5, 5.41) is 2.69. The number of anilines is 2. The lowest BCUT2D eigenvalue weighted by atomic mass is 10.1. The molecule has 0 unspecified atom stereocenters. The minimum atomic E-state index is -3.36. The standard InChI is InChI=1S/C23H17FN4O3S/c24-19-14-17(28-11-12-32(28,30)31)6-7-18(19)23(29)26-16-4-1-3-15(13-16)20-8-9-21-22(27-20)5-2-10-25-21/h1-10,13-14H,11-12H2,(H,26,29). The smallest absolute Gasteiger partial charge is 0.258 e. The van der Waals surface area contributed by atoms with Gasteiger partial charge in [-0.1, -0.05) is 12.1 Å². The number of nitrogens with one attached hydrogen (secondary N) is 1. The molecule has 9 heteroatoms. The van der Waals surface area contributed by atoms with Gasteiger partial charge in [0.1, 0.15) is 5.82 Å². The maximum Gasteiger partial charge on any atom is 0.258 e. The van der Waals surface area contributed by atoms with Gasteiger partial charge < -0.3 is 5.32 Å². The Labute approximate surface area is 183 Å². The summed E-state index contributed by atoms with van der Waals surface area (Å²) in [5.74, 6) is -1.38. The van der Waals surface area contributed by atoms with Crippen molar-refractivity contribution < 1.29 is 17.6 Å². The highest BCUT2D eigenvalue weighted by atomic mass is 32.2. The third-order valence-corrected chi connectivity index (χ3v) is 7.01. The molecule has 0 radical (unpaired) electrons. The Balaban J connectivity index is 1.38. The van der Waals surface area contributed by atoms with E-state index < -0.39 is 21.7 Å². The summed E-state index contributed by atoms with van der Waals surface area (Å²) in [7, 11) is -3.36. The fourth-order valence-corrected chi connectivity index (χ4v) is 4.64. The van der Waals surface area contributed by atoms with Crippen molar-refractivity contribution in [2.75, 3.05) is 21.9 Å². The topological polar surface area (TPSA) is 92.3 Å². The quantitative estimate of drug-likeness (QED) is 0.512. The summed E-state index contributed by atoms with van der Waals surface area (Å²) in [5.41, 5.74) is 3.56. The van der Waals surface area contributed by atoms with Crippen LogP contribution in [0.1, 0.15) is 10.4 Å². The molecular weight excluding hydrogens is 431 g/mol. The number of aromatic nitrogens is 2. The molecule has 1 fully saturated rings. The van der Waals surface area contributed by atoms with Gasteiger partial charge in [0, 0.05) is 24.0 Å². The number of pyridine rings is 2. The van der Waals surface area contributed by atoms with Crippen molar-refractivity contribution in [1.82, 2.24) is 9.97 Å². The van der Waals surface area contributed by atoms with E-state index in [1.807, 2.05) is 30.3 Å². The fourth-order valence-electron chi connectivity index (χ4n) is 3.54. The number of nitrogens with zero attached hydrogens (tertiary/aromatic N) is 3. The number of rotatable bonds is 4. The zero-order valence-corrected chi connectivity index (χ0v) is 17.5. The molecular formula is C23H17FN4O3S. The molecule has 0 bridgehead atoms. The maximum absolute atomic E-state index is 14.6. The maximum atomic E-state index is 14.6. The summed E-state index contributed by atoms with van der Waals surface area (Å²) in [6, 6.07) is 18.3. The van der Waals surface area contributed by atoms with Gasteiger partial charge in [0.25, 0.3) is 5.91 Å². The Morgan fingerprint density at radius 3 is 2.62 bits per heavy atom. The Morgan fingerprint density at radius 2 is 1.88 bits per heavy atom. The highest BCUT2D eigenvalue weighted by Crippen LogP contribution is 2.27. The molecule has 5 rings (SSSR count). The van der Waals surface area contributed by atoms with Gasteiger partial charge in [0.05, 0.1) is 33.7 Å². The van der Waals surface area contributed by atoms with E-state index in [0.717, 1.165) is 27.0 Å². The molecule has 2 aromatic heterocycles. The number of benzene rings is 2. The van der Waals surface area contributed by atoms with Crippen LogP contribution in [-0.2, 0) is 10.0 Å². The van der Waals surface area contributed by atoms with Gasteiger partial charge in [-0.2, -0.15) is 0 Å². The van der Waals surface area contributed by atoms with Crippen molar-refractivity contribution in [2.45, 2.75) is 0 Å². The van der Waals surface area contributed by atoms with E-state index in [2.05, 4.69) is 15.3 Å². The Morgan fingerprint density at radius 1 is 1.00 bits per heavy atom. The monoisotopic (exact) mass is 448 g/mol. The van der Waals surface area contributed by atoms with Crippen LogP contribution in [0.3, 0.4) is 0 Å². The predicted octanol–water partition coefficient (Wildman–Crippen LogP) is 3.84. The number of halogens is 1. The summed E-state index contributed by atoms with van der Waals surface area (Å²) >= 11 is 0. The van der Waals surface area contributed by atoms with Crippen LogP contribution in [0.5, 0.6) is 0 Å². The van der Waals surface area contributed by atoms with Gasteiger partial charge in [-0.15, -0.1) is 0 Å². The molecule has 1 amide bonds. The van der Waals surface area contributed by atoms with Gasteiger partial charge in [-0.3, -0.25) is 14.1 Å². The second-order valence-corrected chi connectivity index (χ2v) is 9.34. The molecule has 2 aromatic carbocycles. The number of hydrogen-bond acceptors (Lipinski definition) is 5. The summed E-state index contributed by atoms with van der Waals surface area (Å²) in [6.07, 6.45) is 1.70. The first-order valence-corrected chi connectivity index (χ1v) is 11.5. The lowest BCUT2D eigenvalue weighted by Gasteiger charge is -2.32. The number of amides is 1. The van der Waals surface area contributed by atoms with Gasteiger partial charge in [-0.05, 0) is 54.6 Å². The second-order valence-electron chi connectivity index (χ2n) is 7.33. The predicted molar refractivity (Wildman–Crippen MR) is 120 cm³/mol. The molecule has 1 aliphatic rings. The van der Waals surface area contributed by atoms with Gasteiger partial charge in [0.15, 0.2) is 0 Å². The van der Waals surface area contributed by atoms with E-state index in [1.165, 1.54) is 12.1 Å². The average Bonchev–Trinajstić information content (AvgIpc) is 2.78. The van der Waals surface area contributed by atoms with Crippen LogP contribution in [0.25, 0.3) is 22.3 Å². The van der Waals surface area contributed by atoms with Crippen LogP contribution >= 0.6 is 0 Å². The van der Waals surface area contributed by atoms with Crippen molar-refractivity contribution >= 4 is 38.3 Å². The SMILES string of the molecule is O=C(Nc1cccc(-c2ccc3ncccc3n2)c1)c1ccc(N2CCS2(=O)=O)cc1F. The third kappa shape index (κ3) is 3.67. The van der Waals surface area contributed by atoms with Crippen molar-refractivity contribution in [3.63, 3.8) is 0 Å². The molecule has 0 saturated carbocycles. The summed E-state index contributed by atoms with van der Waals surface area (Å²) < 4.78 is 39.1. The van der Waals surface area contributed by atoms with Crippen LogP contribution in [-0.4, -0.2) is 36.6 Å². The minimum Gasteiger partial charge on any atom is -0.322 e. The van der Waals surface area contributed by atoms with Crippen LogP contribution < -0.4 is 9.62 Å². The molecule has 7 nitrogen and oxygen atoms in total. The van der Waals surface area contributed by atoms with E-state index in [-0.39, 0.29) is 17.0 Å². The lowest BCUT2D eigenvalue weighted by molar-refractivity contribution is 0.102. The minimum absolute atomic E-state index is 0.0375. The van der Waals surface area contributed by atoms with Crippen LogP contribution in [0, 0.1) is 5.82 Å². The zero-order valence-electron chi connectivity index (χ0n) is 16.7. The summed E-state index contributed by atoms with van der Waals surface area (Å²) in [4.78, 5) is 21.5. The van der Waals surface area contributed by atoms with E-state index >= 15 is 0 Å². The molecule has 4 aromatic rings. The molecule has 32 heavy (non-hydrogen) atoms. The van der Waals surface area contributed by atoms with Gasteiger partial charge in [-0.25, -0.2) is 17.8 Å². The molecule has 1 saturated heterocycles. The van der Waals surface area contributed by atoms with E-state index in [1.54, 1.807) is 24.4 Å². The highest BCUT2D eigenvalue weighted by molar-refractivity contribution is 7.94. The number of fused-ring (bicyclic) bond motifs is 1. The zero-order chi connectivity index (χ0) is 22.3. The van der Waals surface area contributed by atoms with Crippen molar-refractivity contribution in [3.05, 3.63) is 84.3 Å². The normalized spacial score (nSPS) is 14.7. The first-order chi connectivity index (χ1) is 15.4. The van der Waals surface area contributed by atoms with Crippen LogP contribution in [0.2, 0.25) is 0 Å². The molecule has 1 aliphatic heterocycles. The Kier molecular flexibility index (Phi) is 4.82. The second kappa shape index (κ2) is 7.69. The van der Waals surface area contributed by atoms with Gasteiger partial charge >= 0.3 is 0 Å². The Bertz CT molecular complexity index is 1470. The van der Waals surface area contributed by atoms with Crippen molar-refractivity contribution in [1.29, 1.82) is 0 Å². The Hall–Kier alpha value is -3.85. The molecule has 3 heterocycles. The summed E-state index contributed by atoms with van der Waals surface area (Å²) in [6.45, 7) is 0.305. The number of carbonyl (C=O) groups excluding carboxylic acids is 1. The third-order valence-electron chi connectivity index (χ3n) is 5.25. The van der Waals surface area contributed by atoms with Crippen LogP contribution in [0.15, 0.2) is 72.9 Å². The molecule has 0 aliphatic carbocycles. The van der Waals surface area contributed by atoms with Gasteiger partial charge in [0.2, 0.25) is 10.0 Å². The van der Waals surface area contributed by atoms with Crippen molar-refractivity contribution in [3.8, 4) is 11.3 Å². The van der Waals surface area contributed by atoms with E-state index in [9.17, 15) is 17.6 Å². The lowest BCUT2D eigenvalue weighted by Crippen LogP contribution is -2.47. The van der Waals surface area contributed by atoms with Crippen LogP contribution in [0.4, 0.5) is 15.8 Å². The van der Waals surface area contributed by atoms with E-state index in [0.29, 0.717) is 17.9 Å². The average molecular weight is 448 g/mol. The molecule has 0 atom stereocenters. The molecule has 1 N–H and O–H groups in total. The number of sulfonamides is 1. The highest BCUT2D eigenvalue weighted by Gasteiger charge is 2.33. The fraction of sp³-hybridized carbons (Fsp3) is 0.0870. The number of carbonyl (C=O) groups is 1. The van der Waals surface area contributed by atoms with Crippen molar-refractivity contribution in [2.24, 2.45) is 0 Å². The van der Waals surface area contributed by atoms with E-state index in [4.69, 9.17) is 0 Å².